The smallest absolute Gasteiger partial charge is 0.119 e. The molecule has 4 heteroatoms. The zero-order valence-corrected chi connectivity index (χ0v) is 13.6. The Morgan fingerprint density at radius 1 is 1.10 bits per heavy atom. The van der Waals surface area contributed by atoms with Gasteiger partial charge in [0.15, 0.2) is 0 Å². The highest BCUT2D eigenvalue weighted by molar-refractivity contribution is 9.10. The highest BCUT2D eigenvalue weighted by Gasteiger charge is 1.98. The predicted molar refractivity (Wildman–Crippen MR) is 89.6 cm³/mol. The number of thioether (sulfide) groups is 1. The molecule has 0 spiro atoms. The number of hydrogen-bond acceptors (Lipinski definition) is 3. The lowest BCUT2D eigenvalue weighted by Crippen LogP contribution is -2.03. The number of benzene rings is 2. The van der Waals surface area contributed by atoms with E-state index < -0.39 is 0 Å². The zero-order valence-electron chi connectivity index (χ0n) is 11.2. The molecule has 0 aromatic heterocycles. The fourth-order valence-electron chi connectivity index (χ4n) is 1.79. The first-order chi connectivity index (χ1) is 9.78. The van der Waals surface area contributed by atoms with Crippen molar-refractivity contribution in [3.8, 4) is 5.75 Å². The van der Waals surface area contributed by atoms with Gasteiger partial charge in [-0.2, -0.15) is 0 Å². The van der Waals surface area contributed by atoms with Gasteiger partial charge in [-0.15, -0.1) is 11.8 Å². The monoisotopic (exact) mass is 351 g/mol. The molecule has 2 N–H and O–H groups in total. The first kappa shape index (κ1) is 15.4. The van der Waals surface area contributed by atoms with Crippen LogP contribution in [0.25, 0.3) is 0 Å². The second-order valence-corrected chi connectivity index (χ2v) is 6.42. The molecule has 0 radical (unpaired) electrons. The molecule has 2 nitrogen and oxygen atoms in total. The molecular formula is C16H18BrNOS. The Morgan fingerprint density at radius 3 is 2.60 bits per heavy atom. The normalized spacial score (nSPS) is 10.5. The molecule has 2 rings (SSSR count). The lowest BCUT2D eigenvalue weighted by atomic mass is 10.1. The third-order valence-electron chi connectivity index (χ3n) is 2.77. The van der Waals surface area contributed by atoms with Crippen LogP contribution in [0.2, 0.25) is 0 Å². The molecule has 2 aromatic carbocycles. The van der Waals surface area contributed by atoms with Crippen molar-refractivity contribution < 1.29 is 4.74 Å². The summed E-state index contributed by atoms with van der Waals surface area (Å²) in [7, 11) is 0. The quantitative estimate of drug-likeness (QED) is 0.601. The first-order valence-corrected chi connectivity index (χ1v) is 8.36. The van der Waals surface area contributed by atoms with Crippen molar-refractivity contribution in [3.63, 3.8) is 0 Å². The number of nitrogens with two attached hydrogens (primary N) is 1. The van der Waals surface area contributed by atoms with Crippen molar-refractivity contribution in [1.29, 1.82) is 0 Å². The van der Waals surface area contributed by atoms with E-state index in [-0.39, 0.29) is 0 Å². The molecule has 20 heavy (non-hydrogen) atoms. The van der Waals surface area contributed by atoms with E-state index in [9.17, 15) is 0 Å². The average molecular weight is 352 g/mol. The van der Waals surface area contributed by atoms with Crippen molar-refractivity contribution in [2.75, 3.05) is 18.9 Å². The maximum absolute atomic E-state index is 5.73. The van der Waals surface area contributed by atoms with Crippen LogP contribution in [0, 0.1) is 0 Å². The van der Waals surface area contributed by atoms with E-state index in [1.807, 2.05) is 24.3 Å². The van der Waals surface area contributed by atoms with Crippen LogP contribution in [0.15, 0.2) is 57.9 Å². The van der Waals surface area contributed by atoms with Gasteiger partial charge >= 0.3 is 0 Å². The van der Waals surface area contributed by atoms with Crippen LogP contribution in [0.5, 0.6) is 5.75 Å². The second kappa shape index (κ2) is 8.35. The Hall–Kier alpha value is -0.970. The Bertz CT molecular complexity index is 530. The lowest BCUT2D eigenvalue weighted by molar-refractivity contribution is 0.344. The molecule has 0 atom stereocenters. The molecule has 0 aliphatic heterocycles. The molecule has 0 heterocycles. The summed E-state index contributed by atoms with van der Waals surface area (Å²) in [5.74, 6) is 1.85. The maximum Gasteiger partial charge on any atom is 0.119 e. The van der Waals surface area contributed by atoms with Gasteiger partial charge in [-0.1, -0.05) is 34.1 Å². The van der Waals surface area contributed by atoms with Crippen LogP contribution >= 0.6 is 27.7 Å². The van der Waals surface area contributed by atoms with Crippen LogP contribution in [-0.4, -0.2) is 18.9 Å². The molecule has 0 saturated carbocycles. The molecule has 0 amide bonds. The summed E-state index contributed by atoms with van der Waals surface area (Å²) in [6, 6.07) is 16.5. The fourth-order valence-corrected chi connectivity index (χ4v) is 3.13. The van der Waals surface area contributed by atoms with Gasteiger partial charge in [0.2, 0.25) is 0 Å². The Labute approximate surface area is 132 Å². The van der Waals surface area contributed by atoms with Gasteiger partial charge in [0.25, 0.3) is 0 Å². The van der Waals surface area contributed by atoms with Gasteiger partial charge in [0.1, 0.15) is 5.75 Å². The number of ether oxygens (including phenoxy) is 1. The molecule has 0 aliphatic carbocycles. The standard InChI is InChI=1S/C16H18BrNOS/c17-14-2-1-3-16(12-14)20-11-10-19-15-6-4-13(5-7-15)8-9-18/h1-7,12H,8-11,18H2. The van der Waals surface area contributed by atoms with Crippen molar-refractivity contribution in [3.05, 3.63) is 58.6 Å². The van der Waals surface area contributed by atoms with Crippen LogP contribution in [0.4, 0.5) is 0 Å². The first-order valence-electron chi connectivity index (χ1n) is 6.58. The van der Waals surface area contributed by atoms with E-state index in [2.05, 4.69) is 40.2 Å². The molecule has 2 aromatic rings. The van der Waals surface area contributed by atoms with Crippen molar-refractivity contribution in [1.82, 2.24) is 0 Å². The van der Waals surface area contributed by atoms with Crippen molar-refractivity contribution >= 4 is 27.7 Å². The van der Waals surface area contributed by atoms with Gasteiger partial charge in [-0.25, -0.2) is 0 Å². The molecule has 0 saturated heterocycles. The Morgan fingerprint density at radius 2 is 1.90 bits per heavy atom. The van der Waals surface area contributed by atoms with Crippen LogP contribution < -0.4 is 10.5 Å². The van der Waals surface area contributed by atoms with E-state index in [0.29, 0.717) is 13.2 Å². The minimum atomic E-state index is 0.684. The average Bonchev–Trinajstić information content (AvgIpc) is 2.46. The minimum absolute atomic E-state index is 0.684. The van der Waals surface area contributed by atoms with Crippen molar-refractivity contribution in [2.24, 2.45) is 5.73 Å². The van der Waals surface area contributed by atoms with E-state index in [4.69, 9.17) is 10.5 Å². The number of halogens is 1. The summed E-state index contributed by atoms with van der Waals surface area (Å²) in [4.78, 5) is 1.25. The van der Waals surface area contributed by atoms with E-state index in [1.165, 1.54) is 10.5 Å². The molecule has 0 bridgehead atoms. The van der Waals surface area contributed by atoms with Crippen LogP contribution in [-0.2, 0) is 6.42 Å². The third kappa shape index (κ3) is 5.19. The van der Waals surface area contributed by atoms with Gasteiger partial charge in [-0.05, 0) is 48.9 Å². The summed E-state index contributed by atoms with van der Waals surface area (Å²) in [6.45, 7) is 1.39. The largest absolute Gasteiger partial charge is 0.493 e. The summed E-state index contributed by atoms with van der Waals surface area (Å²) >= 11 is 5.27. The van der Waals surface area contributed by atoms with E-state index in [1.54, 1.807) is 11.8 Å². The van der Waals surface area contributed by atoms with Gasteiger partial charge in [-0.3, -0.25) is 0 Å². The molecule has 0 fully saturated rings. The molecular weight excluding hydrogens is 334 g/mol. The van der Waals surface area contributed by atoms with Gasteiger partial charge in [0, 0.05) is 15.1 Å². The Balaban J connectivity index is 1.73. The van der Waals surface area contributed by atoms with Gasteiger partial charge in [0.05, 0.1) is 6.61 Å². The maximum atomic E-state index is 5.73. The highest BCUT2D eigenvalue weighted by atomic mass is 79.9. The van der Waals surface area contributed by atoms with E-state index >= 15 is 0 Å². The molecule has 106 valence electrons. The number of rotatable bonds is 7. The molecule has 0 unspecified atom stereocenters. The molecule has 0 aliphatic rings. The zero-order chi connectivity index (χ0) is 14.2. The predicted octanol–water partition coefficient (Wildman–Crippen LogP) is 4.12. The SMILES string of the molecule is NCCc1ccc(OCCSc2cccc(Br)c2)cc1. The minimum Gasteiger partial charge on any atom is -0.493 e. The fraction of sp³-hybridized carbons (Fsp3) is 0.250. The van der Waals surface area contributed by atoms with Crippen LogP contribution in [0.3, 0.4) is 0 Å². The van der Waals surface area contributed by atoms with Crippen molar-refractivity contribution in [2.45, 2.75) is 11.3 Å². The summed E-state index contributed by atoms with van der Waals surface area (Å²) in [5, 5.41) is 0. The number of hydrogen-bond donors (Lipinski definition) is 1. The lowest BCUT2D eigenvalue weighted by Gasteiger charge is -2.07. The van der Waals surface area contributed by atoms with Gasteiger partial charge < -0.3 is 10.5 Å². The van der Waals surface area contributed by atoms with E-state index in [0.717, 1.165) is 22.4 Å². The summed E-state index contributed by atoms with van der Waals surface area (Å²) < 4.78 is 6.84. The van der Waals surface area contributed by atoms with Crippen LogP contribution in [0.1, 0.15) is 5.56 Å². The topological polar surface area (TPSA) is 35.2 Å². The summed E-state index contributed by atoms with van der Waals surface area (Å²) in [6.07, 6.45) is 0.916. The third-order valence-corrected chi connectivity index (χ3v) is 4.22. The highest BCUT2D eigenvalue weighted by Crippen LogP contribution is 2.22. The second-order valence-electron chi connectivity index (χ2n) is 4.34. The summed E-state index contributed by atoms with van der Waals surface area (Å²) in [5.41, 5.74) is 6.78. The Kier molecular flexibility index (Phi) is 6.43.